The van der Waals surface area contributed by atoms with Crippen LogP contribution < -0.4 is 5.32 Å². The van der Waals surface area contributed by atoms with Crippen LogP contribution in [0.4, 0.5) is 0 Å². The van der Waals surface area contributed by atoms with Crippen molar-refractivity contribution >= 4 is 0 Å². The second kappa shape index (κ2) is 4.81. The molecule has 0 radical (unpaired) electrons. The van der Waals surface area contributed by atoms with Gasteiger partial charge in [-0.2, -0.15) is 0 Å². The van der Waals surface area contributed by atoms with E-state index >= 15 is 0 Å². The minimum atomic E-state index is 0.101. The summed E-state index contributed by atoms with van der Waals surface area (Å²) in [5, 5.41) is 13.0. The molecule has 1 unspecified atom stereocenters. The highest BCUT2D eigenvalue weighted by atomic mass is 16.3. The molecular formula is C12H15N3O. The maximum absolute atomic E-state index is 9.68. The molecule has 1 heterocycles. The first-order valence-corrected chi connectivity index (χ1v) is 5.26. The number of nitrogens with zero attached hydrogens (tertiary/aromatic N) is 1. The number of H-pyrrole nitrogens is 1. The van der Waals surface area contributed by atoms with E-state index in [0.29, 0.717) is 12.3 Å². The number of aromatic nitrogens is 2. The summed E-state index contributed by atoms with van der Waals surface area (Å²) < 4.78 is 0. The van der Waals surface area contributed by atoms with Crippen molar-refractivity contribution in [3.63, 3.8) is 0 Å². The van der Waals surface area contributed by atoms with E-state index in [0.717, 1.165) is 11.3 Å². The number of nitrogens with one attached hydrogen (secondary N) is 2. The first-order valence-electron chi connectivity index (χ1n) is 5.26. The number of aromatic amines is 1. The van der Waals surface area contributed by atoms with Crippen molar-refractivity contribution in [2.24, 2.45) is 0 Å². The van der Waals surface area contributed by atoms with E-state index in [4.69, 9.17) is 0 Å². The van der Waals surface area contributed by atoms with Gasteiger partial charge in [-0.1, -0.05) is 18.2 Å². The quantitative estimate of drug-likeness (QED) is 0.733. The van der Waals surface area contributed by atoms with Crippen LogP contribution in [0.3, 0.4) is 0 Å². The molecule has 0 bridgehead atoms. The normalized spacial score (nSPS) is 12.6. The van der Waals surface area contributed by atoms with Crippen molar-refractivity contribution in [2.45, 2.75) is 19.5 Å². The SMILES string of the molecule is CC(NCc1cnc[nH]1)c1ccccc1O. The number of hydrogen-bond donors (Lipinski definition) is 3. The Morgan fingerprint density at radius 3 is 2.94 bits per heavy atom. The van der Waals surface area contributed by atoms with Gasteiger partial charge in [0.2, 0.25) is 0 Å². The van der Waals surface area contributed by atoms with Gasteiger partial charge in [0.15, 0.2) is 0 Å². The molecule has 0 aliphatic rings. The van der Waals surface area contributed by atoms with Crippen LogP contribution in [0.25, 0.3) is 0 Å². The Kier molecular flexibility index (Phi) is 3.22. The summed E-state index contributed by atoms with van der Waals surface area (Å²) in [4.78, 5) is 6.97. The van der Waals surface area contributed by atoms with Gasteiger partial charge in [-0.05, 0) is 13.0 Å². The Bertz CT molecular complexity index is 439. The molecule has 1 atom stereocenters. The molecule has 84 valence electrons. The number of para-hydroxylation sites is 1. The van der Waals surface area contributed by atoms with Gasteiger partial charge < -0.3 is 15.4 Å². The maximum Gasteiger partial charge on any atom is 0.120 e. The molecule has 0 aliphatic carbocycles. The standard InChI is InChI=1S/C12H15N3O/c1-9(11-4-2-3-5-12(11)16)14-7-10-6-13-8-15-10/h2-6,8-9,14,16H,7H2,1H3,(H,13,15). The molecule has 0 spiro atoms. The zero-order chi connectivity index (χ0) is 11.4. The van der Waals surface area contributed by atoms with E-state index in [9.17, 15) is 5.11 Å². The maximum atomic E-state index is 9.68. The van der Waals surface area contributed by atoms with E-state index in [2.05, 4.69) is 15.3 Å². The summed E-state index contributed by atoms with van der Waals surface area (Å²) in [6.45, 7) is 2.72. The first-order chi connectivity index (χ1) is 7.77. The molecule has 0 saturated heterocycles. The lowest BCUT2D eigenvalue weighted by molar-refractivity contribution is 0.452. The van der Waals surface area contributed by atoms with Crippen LogP contribution in [-0.2, 0) is 6.54 Å². The highest BCUT2D eigenvalue weighted by molar-refractivity contribution is 5.34. The highest BCUT2D eigenvalue weighted by Crippen LogP contribution is 2.23. The minimum absolute atomic E-state index is 0.101. The van der Waals surface area contributed by atoms with E-state index < -0.39 is 0 Å². The number of benzene rings is 1. The Morgan fingerprint density at radius 2 is 2.25 bits per heavy atom. The topological polar surface area (TPSA) is 60.9 Å². The van der Waals surface area contributed by atoms with Crippen LogP contribution in [0.15, 0.2) is 36.8 Å². The van der Waals surface area contributed by atoms with E-state index in [1.54, 1.807) is 18.6 Å². The number of phenols is 1. The molecule has 2 rings (SSSR count). The van der Waals surface area contributed by atoms with Gasteiger partial charge in [0.1, 0.15) is 5.75 Å². The van der Waals surface area contributed by atoms with Crippen LogP contribution in [0.1, 0.15) is 24.2 Å². The number of aromatic hydroxyl groups is 1. The fourth-order valence-electron chi connectivity index (χ4n) is 1.61. The minimum Gasteiger partial charge on any atom is -0.508 e. The summed E-state index contributed by atoms with van der Waals surface area (Å²) in [6.07, 6.45) is 3.44. The van der Waals surface area contributed by atoms with Gasteiger partial charge in [0, 0.05) is 30.0 Å². The molecule has 16 heavy (non-hydrogen) atoms. The van der Waals surface area contributed by atoms with Crippen molar-refractivity contribution in [3.8, 4) is 5.75 Å². The Hall–Kier alpha value is -1.81. The van der Waals surface area contributed by atoms with Gasteiger partial charge in [-0.3, -0.25) is 0 Å². The van der Waals surface area contributed by atoms with E-state index in [-0.39, 0.29) is 6.04 Å². The van der Waals surface area contributed by atoms with Crippen molar-refractivity contribution in [2.75, 3.05) is 0 Å². The average molecular weight is 217 g/mol. The molecule has 0 amide bonds. The van der Waals surface area contributed by atoms with Gasteiger partial charge in [-0.15, -0.1) is 0 Å². The van der Waals surface area contributed by atoms with Crippen molar-refractivity contribution in [1.82, 2.24) is 15.3 Å². The summed E-state index contributed by atoms with van der Waals surface area (Å²) in [6, 6.07) is 7.46. The lowest BCUT2D eigenvalue weighted by atomic mass is 10.1. The third-order valence-corrected chi connectivity index (χ3v) is 2.56. The number of hydrogen-bond acceptors (Lipinski definition) is 3. The smallest absolute Gasteiger partial charge is 0.120 e. The van der Waals surface area contributed by atoms with Crippen LogP contribution in [-0.4, -0.2) is 15.1 Å². The second-order valence-corrected chi connectivity index (χ2v) is 3.74. The lowest BCUT2D eigenvalue weighted by Crippen LogP contribution is -2.18. The third-order valence-electron chi connectivity index (χ3n) is 2.56. The predicted octanol–water partition coefficient (Wildman–Crippen LogP) is 1.97. The molecule has 1 aromatic carbocycles. The van der Waals surface area contributed by atoms with Gasteiger partial charge >= 0.3 is 0 Å². The summed E-state index contributed by atoms with van der Waals surface area (Å²) in [7, 11) is 0. The Morgan fingerprint density at radius 1 is 1.44 bits per heavy atom. The van der Waals surface area contributed by atoms with Crippen LogP contribution >= 0.6 is 0 Å². The van der Waals surface area contributed by atoms with Gasteiger partial charge in [-0.25, -0.2) is 4.98 Å². The lowest BCUT2D eigenvalue weighted by Gasteiger charge is -2.14. The largest absolute Gasteiger partial charge is 0.508 e. The molecule has 0 saturated carbocycles. The van der Waals surface area contributed by atoms with Gasteiger partial charge in [0.25, 0.3) is 0 Å². The van der Waals surface area contributed by atoms with Crippen molar-refractivity contribution in [1.29, 1.82) is 0 Å². The monoisotopic (exact) mass is 217 g/mol. The second-order valence-electron chi connectivity index (χ2n) is 3.74. The molecule has 4 nitrogen and oxygen atoms in total. The van der Waals surface area contributed by atoms with Crippen LogP contribution in [0, 0.1) is 0 Å². The zero-order valence-electron chi connectivity index (χ0n) is 9.14. The predicted molar refractivity (Wildman–Crippen MR) is 61.9 cm³/mol. The summed E-state index contributed by atoms with van der Waals surface area (Å²) in [5.74, 6) is 0.326. The van der Waals surface area contributed by atoms with Crippen molar-refractivity contribution in [3.05, 3.63) is 48.0 Å². The zero-order valence-corrected chi connectivity index (χ0v) is 9.14. The highest BCUT2D eigenvalue weighted by Gasteiger charge is 2.08. The first kappa shape index (κ1) is 10.7. The number of rotatable bonds is 4. The molecule has 4 heteroatoms. The molecule has 0 aliphatic heterocycles. The molecule has 1 aromatic heterocycles. The molecule has 3 N–H and O–H groups in total. The molecular weight excluding hydrogens is 202 g/mol. The van der Waals surface area contributed by atoms with E-state index in [1.165, 1.54) is 0 Å². The average Bonchev–Trinajstić information content (AvgIpc) is 2.79. The Balaban J connectivity index is 1.98. The van der Waals surface area contributed by atoms with Crippen molar-refractivity contribution < 1.29 is 5.11 Å². The van der Waals surface area contributed by atoms with Crippen LogP contribution in [0.5, 0.6) is 5.75 Å². The fourth-order valence-corrected chi connectivity index (χ4v) is 1.61. The fraction of sp³-hybridized carbons (Fsp3) is 0.250. The summed E-state index contributed by atoms with van der Waals surface area (Å²) >= 11 is 0. The Labute approximate surface area is 94.4 Å². The van der Waals surface area contributed by atoms with Gasteiger partial charge in [0.05, 0.1) is 6.33 Å². The molecule has 2 aromatic rings. The third kappa shape index (κ3) is 2.41. The van der Waals surface area contributed by atoms with E-state index in [1.807, 2.05) is 25.1 Å². The molecule has 0 fully saturated rings. The van der Waals surface area contributed by atoms with Crippen LogP contribution in [0.2, 0.25) is 0 Å². The summed E-state index contributed by atoms with van der Waals surface area (Å²) in [5.41, 5.74) is 1.93. The number of imidazole rings is 1. The number of phenolic OH excluding ortho intramolecular Hbond substituents is 1.